The molecule has 0 bridgehead atoms. The molecule has 1 aromatic carbocycles. The maximum Gasteiger partial charge on any atom is 0.180 e. The smallest absolute Gasteiger partial charge is 0.180 e. The fraction of sp³-hybridized carbons (Fsp3) is 0.364. The van der Waals surface area contributed by atoms with Crippen LogP contribution in [0.2, 0.25) is 0 Å². The number of halogens is 1. The predicted octanol–water partition coefficient (Wildman–Crippen LogP) is 1.37. The fourth-order valence-corrected chi connectivity index (χ4v) is 2.33. The van der Waals surface area contributed by atoms with Gasteiger partial charge in [0.2, 0.25) is 0 Å². The second-order valence-electron chi connectivity index (χ2n) is 3.42. The van der Waals surface area contributed by atoms with Gasteiger partial charge in [-0.1, -0.05) is 0 Å². The molecule has 0 amide bonds. The Morgan fingerprint density at radius 3 is 2.88 bits per heavy atom. The van der Waals surface area contributed by atoms with Crippen LogP contribution in [0.25, 0.3) is 0 Å². The monoisotopic (exact) mass is 301 g/mol. The van der Waals surface area contributed by atoms with Gasteiger partial charge in [0.25, 0.3) is 0 Å². The Morgan fingerprint density at radius 1 is 1.53 bits per heavy atom. The second kappa shape index (κ2) is 4.93. The van der Waals surface area contributed by atoms with Crippen LogP contribution in [0, 0.1) is 0 Å². The number of nitrogens with two attached hydrogens (primary N) is 1. The summed E-state index contributed by atoms with van der Waals surface area (Å²) in [5, 5.41) is 0. The predicted molar refractivity (Wildman–Crippen MR) is 65.1 cm³/mol. The molecule has 0 saturated heterocycles. The van der Waals surface area contributed by atoms with E-state index in [4.69, 9.17) is 19.9 Å². The van der Waals surface area contributed by atoms with Gasteiger partial charge in [-0.25, -0.2) is 0 Å². The van der Waals surface area contributed by atoms with Crippen LogP contribution in [-0.2, 0) is 0 Å². The zero-order chi connectivity index (χ0) is 12.4. The molecule has 2 N–H and O–H groups in total. The number of carbonyl (C=O) groups is 1. The summed E-state index contributed by atoms with van der Waals surface area (Å²) >= 11 is 3.35. The molecular weight excluding hydrogens is 290 g/mol. The highest BCUT2D eigenvalue weighted by atomic mass is 79.9. The zero-order valence-electron chi connectivity index (χ0n) is 9.29. The van der Waals surface area contributed by atoms with E-state index in [9.17, 15) is 4.79 Å². The average Bonchev–Trinajstić information content (AvgIpc) is 2.37. The van der Waals surface area contributed by atoms with Gasteiger partial charge in [-0.2, -0.15) is 0 Å². The number of Topliss-reactive ketones (excluding diaryl/α,β-unsaturated/α-hetero) is 1. The van der Waals surface area contributed by atoms with Crippen LogP contribution in [0.3, 0.4) is 0 Å². The third-order valence-corrected chi connectivity index (χ3v) is 3.14. The van der Waals surface area contributed by atoms with Gasteiger partial charge >= 0.3 is 0 Å². The van der Waals surface area contributed by atoms with Crippen molar-refractivity contribution in [1.29, 1.82) is 0 Å². The Morgan fingerprint density at radius 2 is 2.24 bits per heavy atom. The molecule has 1 aliphatic rings. The number of hydrogen-bond donors (Lipinski definition) is 1. The van der Waals surface area contributed by atoms with Gasteiger partial charge in [0, 0.05) is 0 Å². The van der Waals surface area contributed by atoms with E-state index in [0.717, 1.165) is 0 Å². The summed E-state index contributed by atoms with van der Waals surface area (Å²) in [6.07, 6.45) is 0. The van der Waals surface area contributed by atoms with Crippen molar-refractivity contribution in [3.63, 3.8) is 0 Å². The van der Waals surface area contributed by atoms with Gasteiger partial charge in [-0.15, -0.1) is 0 Å². The van der Waals surface area contributed by atoms with Crippen molar-refractivity contribution < 1.29 is 19.0 Å². The van der Waals surface area contributed by atoms with E-state index in [1.54, 1.807) is 6.07 Å². The van der Waals surface area contributed by atoms with Crippen LogP contribution < -0.4 is 19.9 Å². The van der Waals surface area contributed by atoms with E-state index in [1.165, 1.54) is 7.11 Å². The molecule has 92 valence electrons. The van der Waals surface area contributed by atoms with E-state index in [2.05, 4.69) is 15.9 Å². The number of rotatable bonds is 3. The Bertz CT molecular complexity index is 461. The topological polar surface area (TPSA) is 70.8 Å². The summed E-state index contributed by atoms with van der Waals surface area (Å²) in [6, 6.07) is 1.60. The molecule has 0 atom stereocenters. The van der Waals surface area contributed by atoms with Crippen molar-refractivity contribution in [2.45, 2.75) is 0 Å². The van der Waals surface area contributed by atoms with Crippen LogP contribution in [0.5, 0.6) is 17.2 Å². The third kappa shape index (κ3) is 2.10. The molecule has 2 rings (SSSR count). The lowest BCUT2D eigenvalue weighted by atomic mass is 10.1. The third-order valence-electron chi connectivity index (χ3n) is 2.42. The zero-order valence-corrected chi connectivity index (χ0v) is 10.9. The number of ketones is 1. The molecule has 0 unspecified atom stereocenters. The van der Waals surface area contributed by atoms with Gasteiger partial charge in [-0.05, 0) is 22.0 Å². The molecule has 5 nitrogen and oxygen atoms in total. The Labute approximate surface area is 107 Å². The molecule has 0 fully saturated rings. The Hall–Kier alpha value is -1.27. The summed E-state index contributed by atoms with van der Waals surface area (Å²) in [5.74, 6) is 1.30. The molecule has 1 aromatic rings. The number of fused-ring (bicyclic) bond motifs is 1. The van der Waals surface area contributed by atoms with Crippen molar-refractivity contribution in [2.24, 2.45) is 5.73 Å². The summed E-state index contributed by atoms with van der Waals surface area (Å²) in [6.45, 7) is 0.851. The van der Waals surface area contributed by atoms with E-state index < -0.39 is 0 Å². The van der Waals surface area contributed by atoms with Gasteiger partial charge in [-0.3, -0.25) is 4.79 Å². The Kier molecular flexibility index (Phi) is 3.54. The van der Waals surface area contributed by atoms with Gasteiger partial charge in [0.05, 0.1) is 19.2 Å². The van der Waals surface area contributed by atoms with Crippen LogP contribution >= 0.6 is 15.9 Å². The SMILES string of the molecule is COc1c(C(=O)CN)cc2c(c1Br)OCCO2. The molecule has 6 heteroatoms. The minimum absolute atomic E-state index is 0.0809. The first-order valence-electron chi connectivity index (χ1n) is 5.08. The molecule has 0 aliphatic carbocycles. The molecule has 0 saturated carbocycles. The van der Waals surface area contributed by atoms with Crippen molar-refractivity contribution in [2.75, 3.05) is 26.9 Å². The molecule has 17 heavy (non-hydrogen) atoms. The summed E-state index contributed by atoms with van der Waals surface area (Å²) in [5.41, 5.74) is 5.76. The van der Waals surface area contributed by atoms with Gasteiger partial charge < -0.3 is 19.9 Å². The maximum atomic E-state index is 11.7. The molecule has 0 spiro atoms. The molecule has 1 heterocycles. The summed E-state index contributed by atoms with van der Waals surface area (Å²) in [4.78, 5) is 11.7. The first-order chi connectivity index (χ1) is 8.19. The van der Waals surface area contributed by atoms with Crippen molar-refractivity contribution in [3.05, 3.63) is 16.1 Å². The fourth-order valence-electron chi connectivity index (χ4n) is 1.65. The highest BCUT2D eigenvalue weighted by Gasteiger charge is 2.24. The maximum absolute atomic E-state index is 11.7. The number of carbonyl (C=O) groups excluding carboxylic acids is 1. The Balaban J connectivity index is 2.59. The van der Waals surface area contributed by atoms with Gasteiger partial charge in [0.1, 0.15) is 23.4 Å². The highest BCUT2D eigenvalue weighted by Crippen LogP contribution is 2.45. The molecule has 1 aliphatic heterocycles. The first-order valence-corrected chi connectivity index (χ1v) is 5.87. The lowest BCUT2D eigenvalue weighted by molar-refractivity contribution is 0.0996. The number of ether oxygens (including phenoxy) is 3. The minimum Gasteiger partial charge on any atom is -0.495 e. The van der Waals surface area contributed by atoms with E-state index in [1.807, 2.05) is 0 Å². The van der Waals surface area contributed by atoms with Crippen molar-refractivity contribution in [3.8, 4) is 17.2 Å². The van der Waals surface area contributed by atoms with E-state index in [0.29, 0.717) is 40.5 Å². The quantitative estimate of drug-likeness (QED) is 0.854. The normalized spacial score (nSPS) is 13.4. The first kappa shape index (κ1) is 12.2. The van der Waals surface area contributed by atoms with Crippen molar-refractivity contribution >= 4 is 21.7 Å². The van der Waals surface area contributed by atoms with Crippen LogP contribution in [0.4, 0.5) is 0 Å². The van der Waals surface area contributed by atoms with Gasteiger partial charge in [0.15, 0.2) is 17.3 Å². The van der Waals surface area contributed by atoms with Crippen molar-refractivity contribution in [1.82, 2.24) is 0 Å². The summed E-state index contributed by atoms with van der Waals surface area (Å²) < 4.78 is 16.7. The number of methoxy groups -OCH3 is 1. The second-order valence-corrected chi connectivity index (χ2v) is 4.22. The largest absolute Gasteiger partial charge is 0.495 e. The summed E-state index contributed by atoms with van der Waals surface area (Å²) in [7, 11) is 1.49. The highest BCUT2D eigenvalue weighted by molar-refractivity contribution is 9.10. The molecule has 0 radical (unpaired) electrons. The molecular formula is C11H12BrNO4. The van der Waals surface area contributed by atoms with E-state index >= 15 is 0 Å². The molecule has 0 aromatic heterocycles. The average molecular weight is 302 g/mol. The standard InChI is InChI=1S/C11H12BrNO4/c1-15-10-6(7(14)5-13)4-8-11(9(10)12)17-3-2-16-8/h4H,2-3,5,13H2,1H3. The number of benzene rings is 1. The lowest BCUT2D eigenvalue weighted by Crippen LogP contribution is -2.19. The number of hydrogen-bond acceptors (Lipinski definition) is 5. The van der Waals surface area contributed by atoms with Crippen LogP contribution in [-0.4, -0.2) is 32.7 Å². The van der Waals surface area contributed by atoms with E-state index in [-0.39, 0.29) is 12.3 Å². The van der Waals surface area contributed by atoms with Crippen LogP contribution in [0.1, 0.15) is 10.4 Å². The lowest BCUT2D eigenvalue weighted by Gasteiger charge is -2.22. The van der Waals surface area contributed by atoms with Crippen LogP contribution in [0.15, 0.2) is 10.5 Å². The minimum atomic E-state index is -0.209.